The van der Waals surface area contributed by atoms with E-state index in [1.807, 2.05) is 0 Å². The maximum absolute atomic E-state index is 11.2. The molecule has 0 aliphatic carbocycles. The number of ether oxygens (including phenoxy) is 1. The summed E-state index contributed by atoms with van der Waals surface area (Å²) in [5, 5.41) is 26.6. The van der Waals surface area contributed by atoms with Crippen LogP contribution in [0.5, 0.6) is 5.75 Å². The van der Waals surface area contributed by atoms with E-state index in [-0.39, 0.29) is 18.6 Å². The van der Waals surface area contributed by atoms with Gasteiger partial charge in [-0.3, -0.25) is 0 Å². The van der Waals surface area contributed by atoms with Crippen LogP contribution < -0.4 is 4.74 Å². The monoisotopic (exact) mass is 288 g/mol. The third-order valence-electron chi connectivity index (χ3n) is 2.97. The molecule has 0 aliphatic heterocycles. The van der Waals surface area contributed by atoms with Crippen LogP contribution in [0.15, 0.2) is 48.5 Å². The summed E-state index contributed by atoms with van der Waals surface area (Å²) < 4.78 is 5.35. The van der Waals surface area contributed by atoms with Crippen LogP contribution in [0.1, 0.15) is 16.8 Å². The Kier molecular flexibility index (Phi) is 4.92. The molecule has 21 heavy (non-hydrogen) atoms. The van der Waals surface area contributed by atoms with E-state index in [1.54, 1.807) is 48.5 Å². The molecule has 0 atom stereocenters. The molecule has 0 spiro atoms. The van der Waals surface area contributed by atoms with E-state index in [4.69, 9.17) is 14.9 Å². The third kappa shape index (κ3) is 4.05. The SMILES string of the molecule is O=C(O)c1ccccc1-c1ccc(OCCC(O)O)cc1. The van der Waals surface area contributed by atoms with Gasteiger partial charge in [0.25, 0.3) is 0 Å². The van der Waals surface area contributed by atoms with Crippen LogP contribution in [-0.2, 0) is 0 Å². The molecule has 0 fully saturated rings. The zero-order valence-electron chi connectivity index (χ0n) is 11.3. The van der Waals surface area contributed by atoms with Gasteiger partial charge in [-0.1, -0.05) is 30.3 Å². The smallest absolute Gasteiger partial charge is 0.336 e. The van der Waals surface area contributed by atoms with Gasteiger partial charge in [0, 0.05) is 6.42 Å². The van der Waals surface area contributed by atoms with Gasteiger partial charge in [-0.25, -0.2) is 4.79 Å². The number of benzene rings is 2. The Morgan fingerprint density at radius 1 is 1.05 bits per heavy atom. The largest absolute Gasteiger partial charge is 0.493 e. The van der Waals surface area contributed by atoms with Crippen LogP contribution in [0.4, 0.5) is 0 Å². The van der Waals surface area contributed by atoms with Gasteiger partial charge in [0.05, 0.1) is 12.2 Å². The van der Waals surface area contributed by atoms with Crippen molar-refractivity contribution in [3.63, 3.8) is 0 Å². The Labute approximate surface area is 122 Å². The molecule has 0 radical (unpaired) electrons. The lowest BCUT2D eigenvalue weighted by molar-refractivity contribution is -0.0519. The predicted octanol–water partition coefficient (Wildman–Crippen LogP) is 2.13. The highest BCUT2D eigenvalue weighted by Crippen LogP contribution is 2.25. The fourth-order valence-corrected chi connectivity index (χ4v) is 1.93. The first-order valence-electron chi connectivity index (χ1n) is 6.49. The van der Waals surface area contributed by atoms with Crippen molar-refractivity contribution >= 4 is 5.97 Å². The third-order valence-corrected chi connectivity index (χ3v) is 2.97. The van der Waals surface area contributed by atoms with E-state index in [2.05, 4.69) is 0 Å². The summed E-state index contributed by atoms with van der Waals surface area (Å²) in [6.45, 7) is 0.197. The second-order valence-corrected chi connectivity index (χ2v) is 4.49. The second-order valence-electron chi connectivity index (χ2n) is 4.49. The molecule has 0 saturated heterocycles. The number of hydrogen-bond acceptors (Lipinski definition) is 4. The van der Waals surface area contributed by atoms with Crippen molar-refractivity contribution in [1.29, 1.82) is 0 Å². The number of carboxylic acid groups (broad SMARTS) is 1. The molecule has 0 aliphatic rings. The normalized spacial score (nSPS) is 10.6. The van der Waals surface area contributed by atoms with Crippen molar-refractivity contribution in [2.24, 2.45) is 0 Å². The summed E-state index contributed by atoms with van der Waals surface area (Å²) in [5.74, 6) is -0.380. The van der Waals surface area contributed by atoms with E-state index in [0.29, 0.717) is 11.3 Å². The molecule has 3 N–H and O–H groups in total. The molecular formula is C16H16O5. The summed E-state index contributed by atoms with van der Waals surface area (Å²) in [4.78, 5) is 11.2. The molecule has 0 amide bonds. The van der Waals surface area contributed by atoms with Gasteiger partial charge in [0.1, 0.15) is 5.75 Å². The lowest BCUT2D eigenvalue weighted by atomic mass is 10.00. The Balaban J connectivity index is 2.14. The van der Waals surface area contributed by atoms with E-state index in [0.717, 1.165) is 5.56 Å². The standard InChI is InChI=1S/C16H16O5/c17-15(18)9-10-21-12-7-5-11(6-8-12)13-3-1-2-4-14(13)16(19)20/h1-8,15,17-18H,9-10H2,(H,19,20). The number of carboxylic acids is 1. The van der Waals surface area contributed by atoms with E-state index in [1.165, 1.54) is 0 Å². The molecule has 0 bridgehead atoms. The van der Waals surface area contributed by atoms with E-state index >= 15 is 0 Å². The number of aliphatic hydroxyl groups excluding tert-OH is 1. The first-order chi connectivity index (χ1) is 10.1. The minimum atomic E-state index is -1.38. The van der Waals surface area contributed by atoms with Gasteiger partial charge in [0.2, 0.25) is 0 Å². The summed E-state index contributed by atoms with van der Waals surface area (Å²) in [6.07, 6.45) is -1.25. The minimum Gasteiger partial charge on any atom is -0.493 e. The van der Waals surface area contributed by atoms with Crippen molar-refractivity contribution in [1.82, 2.24) is 0 Å². The molecule has 2 aromatic rings. The molecule has 5 nitrogen and oxygen atoms in total. The van der Waals surface area contributed by atoms with Crippen LogP contribution in [0, 0.1) is 0 Å². The number of rotatable bonds is 6. The highest BCUT2D eigenvalue weighted by molar-refractivity contribution is 5.96. The van der Waals surface area contributed by atoms with Gasteiger partial charge >= 0.3 is 5.97 Å². The van der Waals surface area contributed by atoms with Gasteiger partial charge in [-0.15, -0.1) is 0 Å². The minimum absolute atomic E-state index is 0.129. The topological polar surface area (TPSA) is 87.0 Å². The van der Waals surface area contributed by atoms with Crippen LogP contribution >= 0.6 is 0 Å². The Morgan fingerprint density at radius 2 is 1.71 bits per heavy atom. The number of aliphatic hydroxyl groups is 2. The summed E-state index contributed by atoms with van der Waals surface area (Å²) in [5.41, 5.74) is 1.67. The van der Waals surface area contributed by atoms with Crippen molar-refractivity contribution in [3.8, 4) is 16.9 Å². The van der Waals surface area contributed by atoms with E-state index < -0.39 is 12.3 Å². The summed E-state index contributed by atoms with van der Waals surface area (Å²) in [6, 6.07) is 13.8. The first kappa shape index (κ1) is 15.0. The zero-order valence-corrected chi connectivity index (χ0v) is 11.3. The molecule has 0 saturated carbocycles. The van der Waals surface area contributed by atoms with Crippen molar-refractivity contribution in [2.45, 2.75) is 12.7 Å². The van der Waals surface area contributed by atoms with Gasteiger partial charge in [-0.2, -0.15) is 0 Å². The zero-order chi connectivity index (χ0) is 15.2. The Morgan fingerprint density at radius 3 is 2.33 bits per heavy atom. The highest BCUT2D eigenvalue weighted by atomic mass is 16.5. The highest BCUT2D eigenvalue weighted by Gasteiger charge is 2.10. The fraction of sp³-hybridized carbons (Fsp3) is 0.188. The van der Waals surface area contributed by atoms with Crippen LogP contribution in [0.3, 0.4) is 0 Å². The summed E-state index contributed by atoms with van der Waals surface area (Å²) >= 11 is 0. The Hall–Kier alpha value is -2.37. The molecule has 0 unspecified atom stereocenters. The van der Waals surface area contributed by atoms with Crippen LogP contribution in [0.2, 0.25) is 0 Å². The maximum atomic E-state index is 11.2. The first-order valence-corrected chi connectivity index (χ1v) is 6.49. The predicted molar refractivity (Wildman–Crippen MR) is 77.2 cm³/mol. The average Bonchev–Trinajstić information content (AvgIpc) is 2.47. The van der Waals surface area contributed by atoms with Gasteiger partial charge in [0.15, 0.2) is 6.29 Å². The van der Waals surface area contributed by atoms with Gasteiger partial charge < -0.3 is 20.1 Å². The van der Waals surface area contributed by atoms with E-state index in [9.17, 15) is 9.90 Å². The lowest BCUT2D eigenvalue weighted by Crippen LogP contribution is -2.10. The molecule has 2 rings (SSSR count). The number of hydrogen-bond donors (Lipinski definition) is 3. The van der Waals surface area contributed by atoms with Crippen molar-refractivity contribution in [3.05, 3.63) is 54.1 Å². The molecule has 110 valence electrons. The fourth-order valence-electron chi connectivity index (χ4n) is 1.93. The van der Waals surface area contributed by atoms with Crippen molar-refractivity contribution < 1.29 is 24.9 Å². The quantitative estimate of drug-likeness (QED) is 0.709. The van der Waals surface area contributed by atoms with Crippen LogP contribution in [-0.4, -0.2) is 34.2 Å². The summed E-state index contributed by atoms with van der Waals surface area (Å²) in [7, 11) is 0. The molecular weight excluding hydrogens is 272 g/mol. The van der Waals surface area contributed by atoms with Gasteiger partial charge in [-0.05, 0) is 29.3 Å². The number of carbonyl (C=O) groups is 1. The maximum Gasteiger partial charge on any atom is 0.336 e. The number of aromatic carboxylic acids is 1. The van der Waals surface area contributed by atoms with Crippen molar-refractivity contribution in [2.75, 3.05) is 6.61 Å². The molecule has 5 heteroatoms. The lowest BCUT2D eigenvalue weighted by Gasteiger charge is -2.09. The molecule has 2 aromatic carbocycles. The average molecular weight is 288 g/mol. The second kappa shape index (κ2) is 6.88. The Bertz CT molecular complexity index is 604. The molecule has 0 heterocycles. The molecule has 0 aromatic heterocycles. The van der Waals surface area contributed by atoms with Crippen LogP contribution in [0.25, 0.3) is 11.1 Å².